The van der Waals surface area contributed by atoms with E-state index in [9.17, 15) is 0 Å². The van der Waals surface area contributed by atoms with Crippen molar-refractivity contribution in [2.75, 3.05) is 12.3 Å². The van der Waals surface area contributed by atoms with Crippen LogP contribution < -0.4 is 5.73 Å². The Hall–Kier alpha value is -1.47. The lowest BCUT2D eigenvalue weighted by molar-refractivity contribution is -0.0777. The molecule has 0 atom stereocenters. The van der Waals surface area contributed by atoms with E-state index in [0.717, 1.165) is 25.7 Å². The van der Waals surface area contributed by atoms with E-state index in [1.54, 1.807) is 0 Å². The molecule has 108 valence electrons. The number of thiazole rings is 1. The van der Waals surface area contributed by atoms with E-state index >= 15 is 0 Å². The Kier molecular flexibility index (Phi) is 3.71. The van der Waals surface area contributed by atoms with Crippen LogP contribution in [-0.2, 0) is 10.3 Å². The molecule has 3 rings (SSSR count). The van der Waals surface area contributed by atoms with Crippen molar-refractivity contribution in [1.82, 2.24) is 15.1 Å². The standard InChI is InChI=1S/C13H18N4O2S/c1-2-18-13(6-4-3-5-7-13)11-16-10(19-17-11)9-8-20-12(14)15-9/h8H,2-7H2,1H3,(H2,14,15). The SMILES string of the molecule is CCOC1(c2noc(-c3csc(N)n3)n2)CCCCC1. The first kappa shape index (κ1) is 13.5. The Bertz CT molecular complexity index is 569. The molecule has 1 aliphatic carbocycles. The Morgan fingerprint density at radius 2 is 2.15 bits per heavy atom. The first-order chi connectivity index (χ1) is 9.73. The van der Waals surface area contributed by atoms with E-state index in [2.05, 4.69) is 15.1 Å². The van der Waals surface area contributed by atoms with Crippen LogP contribution in [0.25, 0.3) is 11.6 Å². The molecule has 2 aromatic heterocycles. The van der Waals surface area contributed by atoms with Crippen LogP contribution in [0.5, 0.6) is 0 Å². The van der Waals surface area contributed by atoms with Gasteiger partial charge in [-0.15, -0.1) is 11.3 Å². The first-order valence-corrected chi connectivity index (χ1v) is 7.81. The topological polar surface area (TPSA) is 87.1 Å². The summed E-state index contributed by atoms with van der Waals surface area (Å²) in [5, 5.41) is 6.45. The van der Waals surface area contributed by atoms with Crippen LogP contribution in [-0.4, -0.2) is 21.7 Å². The molecular weight excluding hydrogens is 276 g/mol. The number of hydrogen-bond acceptors (Lipinski definition) is 7. The molecule has 6 nitrogen and oxygen atoms in total. The van der Waals surface area contributed by atoms with Gasteiger partial charge in [-0.2, -0.15) is 4.98 Å². The van der Waals surface area contributed by atoms with Gasteiger partial charge in [0, 0.05) is 12.0 Å². The highest BCUT2D eigenvalue weighted by Crippen LogP contribution is 2.39. The summed E-state index contributed by atoms with van der Waals surface area (Å²) in [6.45, 7) is 2.64. The number of ether oxygens (including phenoxy) is 1. The van der Waals surface area contributed by atoms with Crippen LogP contribution in [0.15, 0.2) is 9.90 Å². The average molecular weight is 294 g/mol. The predicted octanol–water partition coefficient (Wildman–Crippen LogP) is 2.97. The summed E-state index contributed by atoms with van der Waals surface area (Å²) in [5.74, 6) is 1.05. The van der Waals surface area contributed by atoms with Gasteiger partial charge in [0.15, 0.2) is 5.13 Å². The summed E-state index contributed by atoms with van der Waals surface area (Å²) in [6, 6.07) is 0. The number of nitrogens with two attached hydrogens (primary N) is 1. The van der Waals surface area contributed by atoms with E-state index in [4.69, 9.17) is 15.0 Å². The number of nitrogen functional groups attached to an aromatic ring is 1. The molecule has 0 unspecified atom stereocenters. The van der Waals surface area contributed by atoms with Crippen LogP contribution in [0.4, 0.5) is 5.13 Å². The zero-order chi connectivity index (χ0) is 14.0. The lowest BCUT2D eigenvalue weighted by Crippen LogP contribution is -2.33. The number of hydrogen-bond donors (Lipinski definition) is 1. The van der Waals surface area contributed by atoms with E-state index in [1.165, 1.54) is 17.8 Å². The normalized spacial score (nSPS) is 18.2. The van der Waals surface area contributed by atoms with E-state index in [1.807, 2.05) is 12.3 Å². The smallest absolute Gasteiger partial charge is 0.277 e. The van der Waals surface area contributed by atoms with Gasteiger partial charge in [0.2, 0.25) is 5.82 Å². The summed E-state index contributed by atoms with van der Waals surface area (Å²) in [6.07, 6.45) is 5.39. The number of rotatable bonds is 4. The first-order valence-electron chi connectivity index (χ1n) is 6.93. The third-order valence-electron chi connectivity index (χ3n) is 3.66. The predicted molar refractivity (Wildman–Crippen MR) is 76.2 cm³/mol. The lowest BCUT2D eigenvalue weighted by atomic mass is 9.84. The van der Waals surface area contributed by atoms with Gasteiger partial charge < -0.3 is 15.0 Å². The van der Waals surface area contributed by atoms with Gasteiger partial charge in [-0.05, 0) is 19.8 Å². The third-order valence-corrected chi connectivity index (χ3v) is 4.33. The minimum atomic E-state index is -0.393. The van der Waals surface area contributed by atoms with Crippen LogP contribution >= 0.6 is 11.3 Å². The van der Waals surface area contributed by atoms with E-state index in [0.29, 0.717) is 29.1 Å². The van der Waals surface area contributed by atoms with Crippen molar-refractivity contribution in [3.63, 3.8) is 0 Å². The maximum atomic E-state index is 5.98. The Balaban J connectivity index is 1.90. The number of anilines is 1. The summed E-state index contributed by atoms with van der Waals surface area (Å²) >= 11 is 1.36. The zero-order valence-corrected chi connectivity index (χ0v) is 12.3. The highest BCUT2D eigenvalue weighted by molar-refractivity contribution is 7.13. The minimum Gasteiger partial charge on any atom is -0.375 e. The van der Waals surface area contributed by atoms with Crippen molar-refractivity contribution in [2.45, 2.75) is 44.6 Å². The fourth-order valence-electron chi connectivity index (χ4n) is 2.73. The lowest BCUT2D eigenvalue weighted by Gasteiger charge is -2.33. The van der Waals surface area contributed by atoms with Crippen molar-refractivity contribution < 1.29 is 9.26 Å². The molecule has 2 heterocycles. The van der Waals surface area contributed by atoms with E-state index in [-0.39, 0.29) is 0 Å². The molecule has 0 aliphatic heterocycles. The molecule has 20 heavy (non-hydrogen) atoms. The quantitative estimate of drug-likeness (QED) is 0.932. The largest absolute Gasteiger partial charge is 0.375 e. The fraction of sp³-hybridized carbons (Fsp3) is 0.615. The summed E-state index contributed by atoms with van der Waals surface area (Å²) in [5.41, 5.74) is 5.87. The van der Waals surface area contributed by atoms with Gasteiger partial charge >= 0.3 is 0 Å². The van der Waals surface area contributed by atoms with Crippen LogP contribution in [0.3, 0.4) is 0 Å². The molecule has 0 spiro atoms. The fourth-order valence-corrected chi connectivity index (χ4v) is 3.27. The molecule has 1 saturated carbocycles. The molecule has 0 saturated heterocycles. The van der Waals surface area contributed by atoms with Crippen LogP contribution in [0.2, 0.25) is 0 Å². The molecule has 2 aromatic rings. The summed E-state index contributed by atoms with van der Waals surface area (Å²) in [7, 11) is 0. The van der Waals surface area contributed by atoms with E-state index < -0.39 is 5.60 Å². The van der Waals surface area contributed by atoms with Gasteiger partial charge in [0.05, 0.1) is 0 Å². The van der Waals surface area contributed by atoms with Crippen LogP contribution in [0, 0.1) is 0 Å². The molecule has 2 N–H and O–H groups in total. The second-order valence-corrected chi connectivity index (χ2v) is 5.87. The third kappa shape index (κ3) is 2.43. The van der Waals surface area contributed by atoms with Crippen molar-refractivity contribution in [1.29, 1.82) is 0 Å². The van der Waals surface area contributed by atoms with Crippen molar-refractivity contribution >= 4 is 16.5 Å². The summed E-state index contributed by atoms with van der Waals surface area (Å²) in [4.78, 5) is 8.66. The highest BCUT2D eigenvalue weighted by Gasteiger charge is 2.39. The molecule has 1 aliphatic rings. The molecule has 7 heteroatoms. The second-order valence-electron chi connectivity index (χ2n) is 4.98. The molecule has 1 fully saturated rings. The summed E-state index contributed by atoms with van der Waals surface area (Å²) < 4.78 is 11.3. The van der Waals surface area contributed by atoms with Gasteiger partial charge in [0.25, 0.3) is 5.89 Å². The van der Waals surface area contributed by atoms with Gasteiger partial charge in [0.1, 0.15) is 11.3 Å². The minimum absolute atomic E-state index is 0.393. The van der Waals surface area contributed by atoms with Gasteiger partial charge in [-0.3, -0.25) is 0 Å². The zero-order valence-electron chi connectivity index (χ0n) is 11.5. The Labute approximate surface area is 121 Å². The van der Waals surface area contributed by atoms with Crippen LogP contribution in [0.1, 0.15) is 44.9 Å². The molecule has 0 aromatic carbocycles. The molecule has 0 bridgehead atoms. The van der Waals surface area contributed by atoms with Crippen molar-refractivity contribution in [3.8, 4) is 11.6 Å². The van der Waals surface area contributed by atoms with Crippen molar-refractivity contribution in [2.24, 2.45) is 0 Å². The maximum Gasteiger partial charge on any atom is 0.277 e. The molecule has 0 amide bonds. The molecular formula is C13H18N4O2S. The number of nitrogens with zero attached hydrogens (tertiary/aromatic N) is 3. The average Bonchev–Trinajstić information content (AvgIpc) is 3.09. The monoisotopic (exact) mass is 294 g/mol. The molecule has 0 radical (unpaired) electrons. The maximum absolute atomic E-state index is 5.98. The van der Waals surface area contributed by atoms with Gasteiger partial charge in [-0.25, -0.2) is 4.98 Å². The Morgan fingerprint density at radius 3 is 2.80 bits per heavy atom. The van der Waals surface area contributed by atoms with Crippen molar-refractivity contribution in [3.05, 3.63) is 11.2 Å². The van der Waals surface area contributed by atoms with Gasteiger partial charge in [-0.1, -0.05) is 24.4 Å². The highest BCUT2D eigenvalue weighted by atomic mass is 32.1. The second kappa shape index (κ2) is 5.49. The Morgan fingerprint density at radius 1 is 1.35 bits per heavy atom. The number of aromatic nitrogens is 3.